The van der Waals surface area contributed by atoms with Crippen molar-refractivity contribution in [1.82, 2.24) is 9.55 Å². The lowest BCUT2D eigenvalue weighted by molar-refractivity contribution is -0.142. The Morgan fingerprint density at radius 1 is 1.29 bits per heavy atom. The van der Waals surface area contributed by atoms with E-state index in [4.69, 9.17) is 4.74 Å². The third-order valence-corrected chi connectivity index (χ3v) is 5.85. The van der Waals surface area contributed by atoms with Crippen molar-refractivity contribution in [2.45, 2.75) is 34.2 Å². The Labute approximate surface area is 205 Å². The molecule has 7 nitrogen and oxygen atoms in total. The molecule has 2 aromatic heterocycles. The lowest BCUT2D eigenvalue weighted by Gasteiger charge is -2.12. The molecule has 0 aliphatic carbocycles. The fraction of sp³-hybridized carbons (Fsp3) is 0.280. The number of hydrogen-bond donors (Lipinski definition) is 1. The molecule has 0 bridgehead atoms. The number of aryl methyl sites for hydroxylation is 1. The van der Waals surface area contributed by atoms with E-state index in [2.05, 4.69) is 28.7 Å². The van der Waals surface area contributed by atoms with Crippen LogP contribution in [0, 0.1) is 42.7 Å². The first-order valence-corrected chi connectivity index (χ1v) is 11.6. The van der Waals surface area contributed by atoms with Gasteiger partial charge in [-0.2, -0.15) is 5.26 Å². The number of benzene rings is 1. The Morgan fingerprint density at radius 2 is 2.03 bits per heavy atom. The second-order valence-corrected chi connectivity index (χ2v) is 9.15. The van der Waals surface area contributed by atoms with Crippen LogP contribution in [-0.4, -0.2) is 28.0 Å². The molecule has 1 N–H and O–H groups in total. The van der Waals surface area contributed by atoms with Crippen molar-refractivity contribution in [1.29, 1.82) is 5.26 Å². The molecule has 10 heteroatoms. The summed E-state index contributed by atoms with van der Waals surface area (Å²) in [7, 11) is 0. The van der Waals surface area contributed by atoms with Crippen LogP contribution >= 0.6 is 11.3 Å². The predicted molar refractivity (Wildman–Crippen MR) is 129 cm³/mol. The Kier molecular flexibility index (Phi) is 8.14. The Balaban J connectivity index is 1.63. The van der Waals surface area contributed by atoms with Crippen molar-refractivity contribution in [2.75, 3.05) is 11.9 Å². The van der Waals surface area contributed by atoms with E-state index in [9.17, 15) is 23.6 Å². The molecule has 3 aromatic rings. The number of amides is 1. The summed E-state index contributed by atoms with van der Waals surface area (Å²) in [5.41, 5.74) is 2.53. The molecular formula is C25H24F2N4O3S. The summed E-state index contributed by atoms with van der Waals surface area (Å²) < 4.78 is 34.4. The predicted octanol–water partition coefficient (Wildman–Crippen LogP) is 5.25. The van der Waals surface area contributed by atoms with Crippen LogP contribution in [0.4, 0.5) is 13.9 Å². The van der Waals surface area contributed by atoms with Crippen LogP contribution in [0.15, 0.2) is 35.2 Å². The van der Waals surface area contributed by atoms with Gasteiger partial charge < -0.3 is 9.30 Å². The van der Waals surface area contributed by atoms with Crippen molar-refractivity contribution in [2.24, 2.45) is 5.92 Å². The van der Waals surface area contributed by atoms with Crippen LogP contribution in [0.3, 0.4) is 0 Å². The number of carbonyl (C=O) groups is 2. The van der Waals surface area contributed by atoms with Crippen molar-refractivity contribution >= 4 is 34.4 Å². The van der Waals surface area contributed by atoms with Gasteiger partial charge in [-0.15, -0.1) is 11.3 Å². The summed E-state index contributed by atoms with van der Waals surface area (Å²) in [6, 6.07) is 6.70. The van der Waals surface area contributed by atoms with E-state index in [1.54, 1.807) is 0 Å². The number of anilines is 1. The molecule has 0 aliphatic heterocycles. The summed E-state index contributed by atoms with van der Waals surface area (Å²) >= 11 is 1.00. The number of nitrogens with one attached hydrogen (secondary N) is 1. The van der Waals surface area contributed by atoms with Crippen LogP contribution in [-0.2, 0) is 20.9 Å². The number of nitrogens with zero attached hydrogens (tertiary/aromatic N) is 3. The average Bonchev–Trinajstić information content (AvgIpc) is 3.36. The highest BCUT2D eigenvalue weighted by atomic mass is 32.1. The Hall–Kier alpha value is -3.84. The Morgan fingerprint density at radius 3 is 2.71 bits per heavy atom. The van der Waals surface area contributed by atoms with Crippen molar-refractivity contribution in [3.63, 3.8) is 0 Å². The van der Waals surface area contributed by atoms with Gasteiger partial charge in [-0.1, -0.05) is 13.8 Å². The maximum absolute atomic E-state index is 13.9. The van der Waals surface area contributed by atoms with Crippen LogP contribution in [0.25, 0.3) is 17.3 Å². The van der Waals surface area contributed by atoms with E-state index in [1.807, 2.05) is 26.0 Å². The number of halogens is 2. The summed E-state index contributed by atoms with van der Waals surface area (Å²) in [6.45, 7) is 8.23. The molecule has 182 valence electrons. The zero-order valence-electron chi connectivity index (χ0n) is 19.7. The van der Waals surface area contributed by atoms with Crippen molar-refractivity contribution in [3.05, 3.63) is 63.8 Å². The third kappa shape index (κ3) is 6.39. The number of nitriles is 1. The molecule has 0 aliphatic rings. The summed E-state index contributed by atoms with van der Waals surface area (Å²) in [5, 5.41) is 13.5. The normalized spacial score (nSPS) is 11.4. The lowest BCUT2D eigenvalue weighted by atomic mass is 10.1. The largest absolute Gasteiger partial charge is 0.451 e. The van der Waals surface area contributed by atoms with E-state index in [0.717, 1.165) is 53.0 Å². The van der Waals surface area contributed by atoms with Gasteiger partial charge in [0.25, 0.3) is 5.91 Å². The molecule has 0 fully saturated rings. The molecule has 1 aromatic carbocycles. The molecule has 0 atom stereocenters. The molecule has 35 heavy (non-hydrogen) atoms. The van der Waals surface area contributed by atoms with Gasteiger partial charge in [0, 0.05) is 28.9 Å². The number of ether oxygens (including phenoxy) is 1. The first kappa shape index (κ1) is 25.8. The van der Waals surface area contributed by atoms with Gasteiger partial charge in [0.1, 0.15) is 23.3 Å². The molecule has 0 unspecified atom stereocenters. The average molecular weight is 499 g/mol. The SMILES string of the molecule is Cc1cc(C=C(C#N)C(=O)OCC(=O)Nc2nc(-c3cc(F)ccc3F)cs2)c(C)n1CC(C)C. The smallest absolute Gasteiger partial charge is 0.349 e. The van der Waals surface area contributed by atoms with E-state index < -0.39 is 30.1 Å². The lowest BCUT2D eigenvalue weighted by Crippen LogP contribution is -2.21. The van der Waals surface area contributed by atoms with Crippen LogP contribution in [0.1, 0.15) is 30.8 Å². The van der Waals surface area contributed by atoms with Gasteiger partial charge in [-0.25, -0.2) is 18.6 Å². The summed E-state index contributed by atoms with van der Waals surface area (Å²) in [5.74, 6) is -2.46. The van der Waals surface area contributed by atoms with Gasteiger partial charge in [-0.05, 0) is 55.7 Å². The van der Waals surface area contributed by atoms with Crippen molar-refractivity contribution < 1.29 is 23.1 Å². The number of aromatic nitrogens is 2. The van der Waals surface area contributed by atoms with Gasteiger partial charge in [0.05, 0.1) is 5.69 Å². The maximum atomic E-state index is 13.9. The number of carbonyl (C=O) groups excluding carboxylic acids is 2. The van der Waals surface area contributed by atoms with Crippen LogP contribution in [0.5, 0.6) is 0 Å². The quantitative estimate of drug-likeness (QED) is 0.260. The van der Waals surface area contributed by atoms with Gasteiger partial charge >= 0.3 is 5.97 Å². The Bertz CT molecular complexity index is 1330. The van der Waals surface area contributed by atoms with Gasteiger partial charge in [0.15, 0.2) is 11.7 Å². The third-order valence-electron chi connectivity index (χ3n) is 5.09. The number of hydrogen-bond acceptors (Lipinski definition) is 6. The highest BCUT2D eigenvalue weighted by Gasteiger charge is 2.17. The highest BCUT2D eigenvalue weighted by Crippen LogP contribution is 2.27. The number of rotatable bonds is 8. The fourth-order valence-electron chi connectivity index (χ4n) is 3.43. The molecular weight excluding hydrogens is 474 g/mol. The second-order valence-electron chi connectivity index (χ2n) is 8.29. The second kappa shape index (κ2) is 11.1. The molecule has 0 radical (unpaired) electrons. The molecule has 0 saturated carbocycles. The number of esters is 1. The van der Waals surface area contributed by atoms with E-state index in [0.29, 0.717) is 5.92 Å². The molecule has 1 amide bonds. The first-order valence-electron chi connectivity index (χ1n) is 10.8. The van der Waals surface area contributed by atoms with Crippen molar-refractivity contribution in [3.8, 4) is 17.3 Å². The standard InChI is InChI=1S/C25H24F2N4O3S/c1-14(2)11-31-15(3)7-17(16(31)4)8-18(10-28)24(33)34-12-23(32)30-25-29-22(13-35-25)20-9-19(26)5-6-21(20)27/h5-9,13-14H,11-12H2,1-4H3,(H,29,30,32). The minimum absolute atomic E-state index is 0.0373. The number of thiazole rings is 1. The minimum Gasteiger partial charge on any atom is -0.451 e. The molecule has 3 rings (SSSR count). The van der Waals surface area contributed by atoms with E-state index in [-0.39, 0.29) is 22.0 Å². The zero-order chi connectivity index (χ0) is 25.7. The molecule has 0 saturated heterocycles. The fourth-order valence-corrected chi connectivity index (χ4v) is 4.15. The molecule has 2 heterocycles. The minimum atomic E-state index is -0.932. The zero-order valence-corrected chi connectivity index (χ0v) is 20.5. The first-order chi connectivity index (χ1) is 16.6. The van der Waals surface area contributed by atoms with Gasteiger partial charge in [-0.3, -0.25) is 10.1 Å². The topological polar surface area (TPSA) is 97.0 Å². The van der Waals surface area contributed by atoms with Gasteiger partial charge in [0.2, 0.25) is 0 Å². The van der Waals surface area contributed by atoms with Crippen LogP contribution < -0.4 is 5.32 Å². The van der Waals surface area contributed by atoms with E-state index >= 15 is 0 Å². The molecule has 0 spiro atoms. The van der Waals surface area contributed by atoms with Crippen LogP contribution in [0.2, 0.25) is 0 Å². The summed E-state index contributed by atoms with van der Waals surface area (Å²) in [6.07, 6.45) is 1.44. The summed E-state index contributed by atoms with van der Waals surface area (Å²) in [4.78, 5) is 28.7. The van der Waals surface area contributed by atoms with E-state index in [1.165, 1.54) is 11.5 Å². The highest BCUT2D eigenvalue weighted by molar-refractivity contribution is 7.14. The maximum Gasteiger partial charge on any atom is 0.349 e. The monoisotopic (exact) mass is 498 g/mol.